The van der Waals surface area contributed by atoms with E-state index in [9.17, 15) is 18.3 Å². The zero-order valence-corrected chi connectivity index (χ0v) is 12.7. The molecular weight excluding hydrogens is 326 g/mol. The lowest BCUT2D eigenvalue weighted by Crippen LogP contribution is -2.18. The first-order valence-corrected chi connectivity index (χ1v) is 8.08. The van der Waals surface area contributed by atoms with E-state index in [0.29, 0.717) is 10.9 Å². The number of halogens is 1. The molecule has 0 fully saturated rings. The quantitative estimate of drug-likeness (QED) is 0.797. The van der Waals surface area contributed by atoms with Gasteiger partial charge in [-0.25, -0.2) is 17.2 Å². The van der Waals surface area contributed by atoms with Gasteiger partial charge in [-0.15, -0.1) is 0 Å². The predicted molar refractivity (Wildman–Crippen MR) is 82.9 cm³/mol. The Morgan fingerprint density at radius 1 is 1.05 bits per heavy atom. The van der Waals surface area contributed by atoms with Gasteiger partial charge in [0.15, 0.2) is 0 Å². The van der Waals surface area contributed by atoms with Crippen LogP contribution in [0.25, 0.3) is 10.9 Å². The highest BCUT2D eigenvalue weighted by atomic mass is 35.5. The van der Waals surface area contributed by atoms with Crippen molar-refractivity contribution in [2.45, 2.75) is 4.90 Å². The summed E-state index contributed by atoms with van der Waals surface area (Å²) in [6.45, 7) is 0. The maximum absolute atomic E-state index is 12.8. The minimum Gasteiger partial charge on any atom is -0.477 e. The molecule has 0 aliphatic heterocycles. The number of para-hydroxylation sites is 1. The van der Waals surface area contributed by atoms with Crippen LogP contribution in [-0.2, 0) is 10.0 Å². The number of nitrogens with zero attached hydrogens (tertiary/aromatic N) is 1. The SMILES string of the molecule is O=C(O)c1cc2ccccc2n1S(=O)(=O)c1cccc(Cl)c1. The molecule has 0 atom stereocenters. The van der Waals surface area contributed by atoms with Crippen molar-refractivity contribution in [3.05, 3.63) is 65.3 Å². The smallest absolute Gasteiger partial charge is 0.353 e. The van der Waals surface area contributed by atoms with Crippen molar-refractivity contribution in [1.29, 1.82) is 0 Å². The van der Waals surface area contributed by atoms with E-state index in [1.54, 1.807) is 30.3 Å². The summed E-state index contributed by atoms with van der Waals surface area (Å²) in [6.07, 6.45) is 0. The lowest BCUT2D eigenvalue weighted by atomic mass is 10.2. The molecule has 22 heavy (non-hydrogen) atoms. The first-order chi connectivity index (χ1) is 10.4. The van der Waals surface area contributed by atoms with E-state index in [4.69, 9.17) is 11.6 Å². The fraction of sp³-hybridized carbons (Fsp3) is 0. The minimum atomic E-state index is -4.07. The normalized spacial score (nSPS) is 11.7. The number of benzene rings is 2. The Balaban J connectivity index is 2.38. The third kappa shape index (κ3) is 2.26. The van der Waals surface area contributed by atoms with Gasteiger partial charge in [0.1, 0.15) is 5.69 Å². The van der Waals surface area contributed by atoms with Crippen LogP contribution in [0, 0.1) is 0 Å². The second kappa shape index (κ2) is 5.15. The Bertz CT molecular complexity index is 992. The number of carboxylic acid groups (broad SMARTS) is 1. The Labute approximate surface area is 131 Å². The van der Waals surface area contributed by atoms with Crippen molar-refractivity contribution in [1.82, 2.24) is 3.97 Å². The van der Waals surface area contributed by atoms with E-state index >= 15 is 0 Å². The molecule has 3 rings (SSSR count). The fourth-order valence-electron chi connectivity index (χ4n) is 2.27. The molecule has 2 aromatic carbocycles. The van der Waals surface area contributed by atoms with Crippen molar-refractivity contribution in [3.8, 4) is 0 Å². The number of carbonyl (C=O) groups is 1. The van der Waals surface area contributed by atoms with Gasteiger partial charge >= 0.3 is 5.97 Å². The van der Waals surface area contributed by atoms with Gasteiger partial charge in [-0.1, -0.05) is 35.9 Å². The van der Waals surface area contributed by atoms with Crippen LogP contribution >= 0.6 is 11.6 Å². The molecule has 7 heteroatoms. The molecule has 3 aromatic rings. The van der Waals surface area contributed by atoms with Crippen LogP contribution in [0.3, 0.4) is 0 Å². The Morgan fingerprint density at radius 3 is 2.45 bits per heavy atom. The summed E-state index contributed by atoms with van der Waals surface area (Å²) >= 11 is 5.84. The lowest BCUT2D eigenvalue weighted by molar-refractivity contribution is 0.0689. The first-order valence-electron chi connectivity index (χ1n) is 6.26. The van der Waals surface area contributed by atoms with E-state index in [2.05, 4.69) is 0 Å². The molecular formula is C15H10ClNO4S. The van der Waals surface area contributed by atoms with E-state index in [0.717, 1.165) is 3.97 Å². The lowest BCUT2D eigenvalue weighted by Gasteiger charge is -2.10. The highest BCUT2D eigenvalue weighted by Crippen LogP contribution is 2.26. The molecule has 1 aromatic heterocycles. The zero-order chi connectivity index (χ0) is 15.9. The number of rotatable bonds is 3. The van der Waals surface area contributed by atoms with Crippen LogP contribution < -0.4 is 0 Å². The molecule has 0 amide bonds. The monoisotopic (exact) mass is 335 g/mol. The van der Waals surface area contributed by atoms with E-state index in [1.165, 1.54) is 24.3 Å². The molecule has 1 heterocycles. The topological polar surface area (TPSA) is 76.4 Å². The van der Waals surface area contributed by atoms with Crippen molar-refractivity contribution in [3.63, 3.8) is 0 Å². The number of aromatic nitrogens is 1. The number of fused-ring (bicyclic) bond motifs is 1. The van der Waals surface area contributed by atoms with Gasteiger partial charge < -0.3 is 5.11 Å². The Hall–Kier alpha value is -2.31. The molecule has 0 radical (unpaired) electrons. The van der Waals surface area contributed by atoms with Crippen LogP contribution in [0.4, 0.5) is 0 Å². The molecule has 0 unspecified atom stereocenters. The molecule has 0 bridgehead atoms. The zero-order valence-electron chi connectivity index (χ0n) is 11.1. The van der Waals surface area contributed by atoms with Gasteiger partial charge in [-0.3, -0.25) is 0 Å². The highest BCUT2D eigenvalue weighted by molar-refractivity contribution is 7.90. The average Bonchev–Trinajstić information content (AvgIpc) is 2.87. The third-order valence-electron chi connectivity index (χ3n) is 3.22. The molecule has 1 N–H and O–H groups in total. The van der Waals surface area contributed by atoms with Gasteiger partial charge in [0.25, 0.3) is 10.0 Å². The van der Waals surface area contributed by atoms with Crippen LogP contribution in [-0.4, -0.2) is 23.5 Å². The minimum absolute atomic E-state index is 0.0659. The molecule has 0 aliphatic rings. The molecule has 0 saturated heterocycles. The number of aromatic carboxylic acids is 1. The van der Waals surface area contributed by atoms with Crippen molar-refractivity contribution in [2.24, 2.45) is 0 Å². The van der Waals surface area contributed by atoms with Gasteiger partial charge in [0, 0.05) is 10.4 Å². The van der Waals surface area contributed by atoms with Crippen LogP contribution in [0.1, 0.15) is 10.5 Å². The predicted octanol–water partition coefficient (Wildman–Crippen LogP) is 3.23. The summed E-state index contributed by atoms with van der Waals surface area (Å²) in [5.41, 5.74) is -0.0129. The Morgan fingerprint density at radius 2 is 1.77 bits per heavy atom. The highest BCUT2D eigenvalue weighted by Gasteiger charge is 2.26. The first kappa shape index (κ1) is 14.6. The number of carboxylic acids is 1. The summed E-state index contributed by atoms with van der Waals surface area (Å²) in [6, 6.07) is 13.6. The van der Waals surface area contributed by atoms with Gasteiger partial charge in [0.05, 0.1) is 10.4 Å². The van der Waals surface area contributed by atoms with Crippen molar-refractivity contribution >= 4 is 38.5 Å². The molecule has 0 saturated carbocycles. The number of hydrogen-bond acceptors (Lipinski definition) is 3. The summed E-state index contributed by atoms with van der Waals surface area (Å²) in [5.74, 6) is -1.32. The van der Waals surface area contributed by atoms with Gasteiger partial charge in [-0.05, 0) is 30.3 Å². The second-order valence-corrected chi connectivity index (χ2v) is 6.84. The van der Waals surface area contributed by atoms with Crippen LogP contribution in [0.2, 0.25) is 5.02 Å². The molecule has 112 valence electrons. The maximum atomic E-state index is 12.8. The van der Waals surface area contributed by atoms with Gasteiger partial charge in [-0.2, -0.15) is 0 Å². The summed E-state index contributed by atoms with van der Waals surface area (Å²) in [5, 5.41) is 10.1. The molecule has 0 aliphatic carbocycles. The summed E-state index contributed by atoms with van der Waals surface area (Å²) in [7, 11) is -4.07. The van der Waals surface area contributed by atoms with E-state index < -0.39 is 16.0 Å². The second-order valence-electron chi connectivity index (χ2n) is 4.62. The fourth-order valence-corrected chi connectivity index (χ4v) is 4.08. The number of hydrogen-bond donors (Lipinski definition) is 1. The Kier molecular flexibility index (Phi) is 3.42. The largest absolute Gasteiger partial charge is 0.477 e. The summed E-state index contributed by atoms with van der Waals surface area (Å²) in [4.78, 5) is 11.4. The third-order valence-corrected chi connectivity index (χ3v) is 5.18. The van der Waals surface area contributed by atoms with Crippen molar-refractivity contribution < 1.29 is 18.3 Å². The standard InChI is InChI=1S/C15H10ClNO4S/c16-11-5-3-6-12(9-11)22(20,21)17-13-7-2-1-4-10(13)8-14(17)15(18)19/h1-9H,(H,18,19). The van der Waals surface area contributed by atoms with Crippen molar-refractivity contribution in [2.75, 3.05) is 0 Å². The average molecular weight is 336 g/mol. The molecule has 5 nitrogen and oxygen atoms in total. The van der Waals surface area contributed by atoms with E-state index in [1.807, 2.05) is 0 Å². The summed E-state index contributed by atoms with van der Waals surface area (Å²) < 4.78 is 26.5. The van der Waals surface area contributed by atoms with Crippen LogP contribution in [0.15, 0.2) is 59.5 Å². The van der Waals surface area contributed by atoms with Crippen LogP contribution in [0.5, 0.6) is 0 Å². The molecule has 0 spiro atoms. The van der Waals surface area contributed by atoms with E-state index in [-0.39, 0.29) is 15.6 Å². The van der Waals surface area contributed by atoms with Gasteiger partial charge in [0.2, 0.25) is 0 Å². The maximum Gasteiger partial charge on any atom is 0.353 e.